The van der Waals surface area contributed by atoms with Crippen LogP contribution in [0.2, 0.25) is 0 Å². The maximum Gasteiger partial charge on any atom is 0.198 e. The second-order valence-corrected chi connectivity index (χ2v) is 6.79. The number of rotatable bonds is 2. The first-order valence-corrected chi connectivity index (χ1v) is 8.27. The molecule has 1 aliphatic rings. The molecule has 0 saturated carbocycles. The molecule has 0 saturated heterocycles. The highest BCUT2D eigenvalue weighted by atomic mass is 16.3. The fraction of sp³-hybridized carbons (Fsp3) is 0.238. The molecule has 2 aromatic carbocycles. The number of ketones is 2. The smallest absolute Gasteiger partial charge is 0.198 e. The number of carbonyl (C=O) groups excluding carboxylic acids is 2. The predicted octanol–water partition coefficient (Wildman–Crippen LogP) is 3.72. The zero-order valence-corrected chi connectivity index (χ0v) is 14.0. The molecule has 0 radical (unpaired) electrons. The Bertz CT molecular complexity index is 982. The zero-order valence-electron chi connectivity index (χ0n) is 14.0. The molecular formula is C21H18O4. The summed E-state index contributed by atoms with van der Waals surface area (Å²) in [5.41, 5.74) is 0.0240. The Morgan fingerprint density at radius 1 is 1.08 bits per heavy atom. The van der Waals surface area contributed by atoms with Crippen LogP contribution in [0.4, 0.5) is 0 Å². The van der Waals surface area contributed by atoms with Gasteiger partial charge < -0.3 is 9.52 Å². The van der Waals surface area contributed by atoms with E-state index in [1.807, 2.05) is 48.5 Å². The molecule has 1 aliphatic carbocycles. The van der Waals surface area contributed by atoms with Crippen molar-refractivity contribution in [2.45, 2.75) is 25.4 Å². The quantitative estimate of drug-likeness (QED) is 0.775. The van der Waals surface area contributed by atoms with E-state index in [0.29, 0.717) is 22.3 Å². The summed E-state index contributed by atoms with van der Waals surface area (Å²) >= 11 is 0. The minimum Gasteiger partial charge on any atom is -0.460 e. The van der Waals surface area contributed by atoms with Crippen LogP contribution in [-0.4, -0.2) is 22.3 Å². The first-order valence-electron chi connectivity index (χ1n) is 8.27. The number of para-hydroxylation sites is 1. The molecule has 0 unspecified atom stereocenters. The van der Waals surface area contributed by atoms with E-state index in [1.165, 1.54) is 13.8 Å². The zero-order chi connectivity index (χ0) is 17.8. The maximum atomic E-state index is 13.0. The Kier molecular flexibility index (Phi) is 3.41. The summed E-state index contributed by atoms with van der Waals surface area (Å²) < 4.78 is 6.02. The van der Waals surface area contributed by atoms with Gasteiger partial charge in [0.2, 0.25) is 0 Å². The molecule has 4 nitrogen and oxygen atoms in total. The highest BCUT2D eigenvalue weighted by Crippen LogP contribution is 2.48. The topological polar surface area (TPSA) is 67.5 Å². The number of fused-ring (bicyclic) bond motifs is 3. The van der Waals surface area contributed by atoms with E-state index >= 15 is 0 Å². The summed E-state index contributed by atoms with van der Waals surface area (Å²) in [6, 6.07) is 16.7. The normalized spacial score (nSPS) is 25.8. The van der Waals surface area contributed by atoms with Crippen LogP contribution in [0.5, 0.6) is 0 Å². The van der Waals surface area contributed by atoms with Crippen molar-refractivity contribution < 1.29 is 19.1 Å². The van der Waals surface area contributed by atoms with Gasteiger partial charge in [0.25, 0.3) is 0 Å². The van der Waals surface area contributed by atoms with Gasteiger partial charge in [-0.15, -0.1) is 0 Å². The average Bonchev–Trinajstić information content (AvgIpc) is 2.97. The fourth-order valence-corrected chi connectivity index (χ4v) is 4.02. The molecule has 25 heavy (non-hydrogen) atoms. The van der Waals surface area contributed by atoms with Gasteiger partial charge >= 0.3 is 0 Å². The van der Waals surface area contributed by atoms with Crippen molar-refractivity contribution in [1.82, 2.24) is 0 Å². The highest BCUT2D eigenvalue weighted by Gasteiger charge is 2.54. The third-order valence-corrected chi connectivity index (χ3v) is 5.13. The van der Waals surface area contributed by atoms with Gasteiger partial charge in [0.05, 0.1) is 17.4 Å². The molecule has 4 heteroatoms. The molecule has 0 aliphatic heterocycles. The fourth-order valence-electron chi connectivity index (χ4n) is 4.02. The minimum absolute atomic E-state index is 0.238. The van der Waals surface area contributed by atoms with Crippen molar-refractivity contribution in [3.63, 3.8) is 0 Å². The second-order valence-electron chi connectivity index (χ2n) is 6.79. The second kappa shape index (κ2) is 5.39. The lowest BCUT2D eigenvalue weighted by Crippen LogP contribution is -2.52. The molecule has 1 N–H and O–H groups in total. The van der Waals surface area contributed by atoms with Gasteiger partial charge in [-0.1, -0.05) is 48.5 Å². The number of carbonyl (C=O) groups is 2. The van der Waals surface area contributed by atoms with Crippen molar-refractivity contribution in [2.24, 2.45) is 5.92 Å². The van der Waals surface area contributed by atoms with E-state index in [0.717, 1.165) is 5.56 Å². The maximum absolute atomic E-state index is 13.0. The van der Waals surface area contributed by atoms with Crippen molar-refractivity contribution in [3.05, 3.63) is 71.5 Å². The Hall–Kier alpha value is -2.72. The summed E-state index contributed by atoms with van der Waals surface area (Å²) in [6.07, 6.45) is 0. The number of furan rings is 1. The lowest BCUT2D eigenvalue weighted by atomic mass is 9.65. The van der Waals surface area contributed by atoms with Gasteiger partial charge in [0, 0.05) is 5.39 Å². The summed E-state index contributed by atoms with van der Waals surface area (Å²) in [7, 11) is 0. The van der Waals surface area contributed by atoms with E-state index in [4.69, 9.17) is 4.42 Å². The third-order valence-electron chi connectivity index (χ3n) is 5.13. The predicted molar refractivity (Wildman–Crippen MR) is 93.6 cm³/mol. The molecule has 1 heterocycles. The van der Waals surface area contributed by atoms with Gasteiger partial charge in [-0.3, -0.25) is 9.59 Å². The van der Waals surface area contributed by atoms with Crippen LogP contribution < -0.4 is 0 Å². The van der Waals surface area contributed by atoms with E-state index in [-0.39, 0.29) is 5.78 Å². The van der Waals surface area contributed by atoms with Crippen LogP contribution in [-0.2, 0) is 4.79 Å². The average molecular weight is 334 g/mol. The molecule has 0 bridgehead atoms. The summed E-state index contributed by atoms with van der Waals surface area (Å²) in [5, 5.41) is 11.7. The highest BCUT2D eigenvalue weighted by molar-refractivity contribution is 6.15. The molecule has 4 rings (SSSR count). The summed E-state index contributed by atoms with van der Waals surface area (Å²) in [4.78, 5) is 25.5. The largest absolute Gasteiger partial charge is 0.460 e. The van der Waals surface area contributed by atoms with Crippen LogP contribution in [0.25, 0.3) is 11.0 Å². The van der Waals surface area contributed by atoms with Gasteiger partial charge in [0.15, 0.2) is 5.78 Å². The number of hydrogen-bond acceptors (Lipinski definition) is 4. The van der Waals surface area contributed by atoms with E-state index < -0.39 is 23.2 Å². The van der Waals surface area contributed by atoms with Gasteiger partial charge in [-0.25, -0.2) is 0 Å². The van der Waals surface area contributed by atoms with Crippen LogP contribution in [0.15, 0.2) is 59.0 Å². The Morgan fingerprint density at radius 2 is 1.72 bits per heavy atom. The number of Topliss-reactive ketones (excluding diaryl/α,β-unsaturated/α-hetero) is 2. The summed E-state index contributed by atoms with van der Waals surface area (Å²) in [5.74, 6) is -1.63. The molecule has 1 aromatic heterocycles. The van der Waals surface area contributed by atoms with Crippen molar-refractivity contribution in [1.29, 1.82) is 0 Å². The monoisotopic (exact) mass is 334 g/mol. The van der Waals surface area contributed by atoms with E-state index in [9.17, 15) is 14.7 Å². The van der Waals surface area contributed by atoms with Crippen molar-refractivity contribution in [3.8, 4) is 0 Å². The molecular weight excluding hydrogens is 316 g/mol. The SMILES string of the molecule is CC(=O)[C@H]1[C@H](c2ccccc2)c2oc3ccccc3c2C(=O)[C@]1(C)O. The molecule has 0 spiro atoms. The van der Waals surface area contributed by atoms with Crippen LogP contribution in [0, 0.1) is 5.92 Å². The molecule has 0 amide bonds. The Morgan fingerprint density at radius 3 is 2.40 bits per heavy atom. The van der Waals surface area contributed by atoms with Gasteiger partial charge in [0.1, 0.15) is 22.7 Å². The Balaban J connectivity index is 2.08. The Labute approximate surface area is 145 Å². The number of aliphatic hydroxyl groups is 1. The lowest BCUT2D eigenvalue weighted by molar-refractivity contribution is -0.128. The van der Waals surface area contributed by atoms with Crippen molar-refractivity contribution >= 4 is 22.5 Å². The van der Waals surface area contributed by atoms with Gasteiger partial charge in [-0.2, -0.15) is 0 Å². The van der Waals surface area contributed by atoms with Crippen LogP contribution >= 0.6 is 0 Å². The minimum atomic E-state index is -1.79. The van der Waals surface area contributed by atoms with E-state index in [1.54, 1.807) is 6.07 Å². The molecule has 0 fully saturated rings. The molecule has 3 aromatic rings. The first-order chi connectivity index (χ1) is 11.9. The summed E-state index contributed by atoms with van der Waals surface area (Å²) in [6.45, 7) is 2.85. The molecule has 126 valence electrons. The van der Waals surface area contributed by atoms with Crippen molar-refractivity contribution in [2.75, 3.05) is 0 Å². The van der Waals surface area contributed by atoms with Gasteiger partial charge in [-0.05, 0) is 25.5 Å². The third kappa shape index (κ3) is 2.18. The molecule has 3 atom stereocenters. The van der Waals surface area contributed by atoms with E-state index in [2.05, 4.69) is 0 Å². The number of hydrogen-bond donors (Lipinski definition) is 1. The van der Waals surface area contributed by atoms with Crippen LogP contribution in [0.1, 0.15) is 41.4 Å². The first kappa shape index (κ1) is 15.8. The van der Waals surface area contributed by atoms with Crippen LogP contribution in [0.3, 0.4) is 0 Å². The number of benzene rings is 2. The lowest BCUT2D eigenvalue weighted by Gasteiger charge is -2.39. The standard InChI is InChI=1S/C21H18O4/c1-12(22)18-16(13-8-4-3-5-9-13)19-17(20(23)21(18,2)24)14-10-6-7-11-15(14)25-19/h3-11,16,18,24H,1-2H3/t16-,18-,21+/m0/s1.